The van der Waals surface area contributed by atoms with Crippen LogP contribution >= 0.6 is 0 Å². The van der Waals surface area contributed by atoms with Crippen LogP contribution in [-0.4, -0.2) is 12.3 Å². The molecule has 2 aromatic rings. The van der Waals surface area contributed by atoms with E-state index in [0.29, 0.717) is 6.42 Å². The number of rotatable bonds is 2. The highest BCUT2D eigenvalue weighted by Gasteiger charge is 2.26. The summed E-state index contributed by atoms with van der Waals surface area (Å²) in [7, 11) is 0. The summed E-state index contributed by atoms with van der Waals surface area (Å²) in [5.74, 6) is 0.257. The molecular formula is C17H17NO. The second-order valence-corrected chi connectivity index (χ2v) is 4.97. The van der Waals surface area contributed by atoms with Gasteiger partial charge in [-0.3, -0.25) is 4.79 Å². The molecule has 0 bridgehead atoms. The maximum absolute atomic E-state index is 12.0. The van der Waals surface area contributed by atoms with Crippen LogP contribution in [-0.2, 0) is 0 Å². The minimum Gasteiger partial charge on any atom is -0.364 e. The average molecular weight is 251 g/mol. The Kier molecular flexibility index (Phi) is 3.08. The molecule has 2 nitrogen and oxygen atoms in total. The number of carbonyl (C=O) groups excluding carboxylic acids is 1. The third-order valence-corrected chi connectivity index (χ3v) is 3.84. The fraction of sp³-hybridized carbons (Fsp3) is 0.235. The SMILES string of the molecule is CC(c1ccccc1)N1CCC(=O)c2ccccc21. The Bertz CT molecular complexity index is 591. The number of Topliss-reactive ketones (excluding diaryl/α,β-unsaturated/α-hetero) is 1. The number of hydrogen-bond acceptors (Lipinski definition) is 2. The van der Waals surface area contributed by atoms with E-state index in [1.165, 1.54) is 5.56 Å². The van der Waals surface area contributed by atoms with E-state index in [9.17, 15) is 4.79 Å². The lowest BCUT2D eigenvalue weighted by Crippen LogP contribution is -2.34. The van der Waals surface area contributed by atoms with Crippen molar-refractivity contribution in [1.29, 1.82) is 0 Å². The van der Waals surface area contributed by atoms with Gasteiger partial charge in [0.25, 0.3) is 0 Å². The van der Waals surface area contributed by atoms with Crippen LogP contribution in [0, 0.1) is 0 Å². The Balaban J connectivity index is 1.99. The molecule has 1 aliphatic rings. The van der Waals surface area contributed by atoms with Crippen molar-refractivity contribution >= 4 is 11.5 Å². The number of anilines is 1. The molecular weight excluding hydrogens is 234 g/mol. The Labute approximate surface area is 113 Å². The molecule has 0 saturated carbocycles. The van der Waals surface area contributed by atoms with E-state index in [0.717, 1.165) is 17.8 Å². The zero-order valence-electron chi connectivity index (χ0n) is 11.0. The lowest BCUT2D eigenvalue weighted by molar-refractivity contribution is 0.0979. The summed E-state index contributed by atoms with van der Waals surface area (Å²) in [5.41, 5.74) is 3.21. The predicted molar refractivity (Wildman–Crippen MR) is 77.6 cm³/mol. The average Bonchev–Trinajstić information content (AvgIpc) is 2.48. The molecule has 0 radical (unpaired) electrons. The van der Waals surface area contributed by atoms with E-state index in [1.807, 2.05) is 30.3 Å². The topological polar surface area (TPSA) is 20.3 Å². The molecule has 0 fully saturated rings. The first kappa shape index (κ1) is 12.0. The third kappa shape index (κ3) is 2.14. The molecule has 0 amide bonds. The van der Waals surface area contributed by atoms with E-state index in [1.54, 1.807) is 0 Å². The second-order valence-electron chi connectivity index (χ2n) is 4.97. The Morgan fingerprint density at radius 2 is 1.68 bits per heavy atom. The van der Waals surface area contributed by atoms with Crippen LogP contribution in [0.25, 0.3) is 0 Å². The fourth-order valence-corrected chi connectivity index (χ4v) is 2.75. The molecule has 0 aliphatic carbocycles. The highest BCUT2D eigenvalue weighted by molar-refractivity contribution is 6.03. The molecule has 2 heteroatoms. The predicted octanol–water partition coefficient (Wildman–Crippen LogP) is 3.84. The van der Waals surface area contributed by atoms with Gasteiger partial charge in [0.2, 0.25) is 0 Å². The van der Waals surface area contributed by atoms with E-state index < -0.39 is 0 Å². The number of benzene rings is 2. The standard InChI is InChI=1S/C17H17NO/c1-13(14-7-3-2-4-8-14)18-12-11-17(19)15-9-5-6-10-16(15)18/h2-10,13H,11-12H2,1H3. The molecule has 1 unspecified atom stereocenters. The molecule has 0 aromatic heterocycles. The lowest BCUT2D eigenvalue weighted by Gasteiger charge is -2.35. The highest BCUT2D eigenvalue weighted by Crippen LogP contribution is 2.33. The van der Waals surface area contributed by atoms with Crippen LogP contribution in [0.3, 0.4) is 0 Å². The van der Waals surface area contributed by atoms with Gasteiger partial charge in [-0.25, -0.2) is 0 Å². The highest BCUT2D eigenvalue weighted by atomic mass is 16.1. The number of nitrogens with zero attached hydrogens (tertiary/aromatic N) is 1. The first-order valence-corrected chi connectivity index (χ1v) is 6.71. The van der Waals surface area contributed by atoms with Crippen LogP contribution < -0.4 is 4.90 Å². The lowest BCUT2D eigenvalue weighted by atomic mass is 9.97. The summed E-state index contributed by atoms with van der Waals surface area (Å²) < 4.78 is 0. The molecule has 3 rings (SSSR count). The summed E-state index contributed by atoms with van der Waals surface area (Å²) >= 11 is 0. The molecule has 1 aliphatic heterocycles. The second kappa shape index (κ2) is 4.88. The minimum absolute atomic E-state index is 0.257. The normalized spacial score (nSPS) is 16.1. The fourth-order valence-electron chi connectivity index (χ4n) is 2.75. The van der Waals surface area contributed by atoms with Crippen molar-refractivity contribution in [2.75, 3.05) is 11.4 Å². The smallest absolute Gasteiger partial charge is 0.166 e. The quantitative estimate of drug-likeness (QED) is 0.808. The molecule has 96 valence electrons. The molecule has 0 spiro atoms. The summed E-state index contributed by atoms with van der Waals surface area (Å²) in [5, 5.41) is 0. The monoisotopic (exact) mass is 251 g/mol. The van der Waals surface area contributed by atoms with Crippen LogP contribution in [0.1, 0.15) is 35.3 Å². The van der Waals surface area contributed by atoms with Crippen molar-refractivity contribution in [3.8, 4) is 0 Å². The Morgan fingerprint density at radius 1 is 1.00 bits per heavy atom. The van der Waals surface area contributed by atoms with Gasteiger partial charge in [-0.1, -0.05) is 42.5 Å². The van der Waals surface area contributed by atoms with E-state index in [4.69, 9.17) is 0 Å². The largest absolute Gasteiger partial charge is 0.364 e. The minimum atomic E-state index is 0.257. The van der Waals surface area contributed by atoms with Crippen LogP contribution in [0.2, 0.25) is 0 Å². The number of fused-ring (bicyclic) bond motifs is 1. The number of carbonyl (C=O) groups is 1. The molecule has 1 heterocycles. The molecule has 0 saturated heterocycles. The van der Waals surface area contributed by atoms with Gasteiger partial charge in [0.15, 0.2) is 5.78 Å². The van der Waals surface area contributed by atoms with Gasteiger partial charge in [0.05, 0.1) is 6.04 Å². The van der Waals surface area contributed by atoms with E-state index in [-0.39, 0.29) is 11.8 Å². The zero-order valence-corrected chi connectivity index (χ0v) is 11.0. The first-order valence-electron chi connectivity index (χ1n) is 6.71. The van der Waals surface area contributed by atoms with E-state index >= 15 is 0 Å². The molecule has 19 heavy (non-hydrogen) atoms. The van der Waals surface area contributed by atoms with Crippen molar-refractivity contribution in [3.05, 3.63) is 65.7 Å². The van der Waals surface area contributed by atoms with Crippen LogP contribution in [0.5, 0.6) is 0 Å². The summed E-state index contributed by atoms with van der Waals surface area (Å²) in [6, 6.07) is 18.6. The van der Waals surface area contributed by atoms with E-state index in [2.05, 4.69) is 36.1 Å². The van der Waals surface area contributed by atoms with Gasteiger partial charge in [-0.05, 0) is 24.6 Å². The van der Waals surface area contributed by atoms with Crippen molar-refractivity contribution in [1.82, 2.24) is 0 Å². The number of ketones is 1. The molecule has 2 aromatic carbocycles. The maximum atomic E-state index is 12.0. The number of para-hydroxylation sites is 1. The first-order chi connectivity index (χ1) is 9.27. The van der Waals surface area contributed by atoms with Crippen LogP contribution in [0.4, 0.5) is 5.69 Å². The van der Waals surface area contributed by atoms with Crippen molar-refractivity contribution < 1.29 is 4.79 Å². The van der Waals surface area contributed by atoms with Gasteiger partial charge in [-0.2, -0.15) is 0 Å². The van der Waals surface area contributed by atoms with Gasteiger partial charge in [0.1, 0.15) is 0 Å². The Hall–Kier alpha value is -2.09. The van der Waals surface area contributed by atoms with Crippen molar-refractivity contribution in [2.24, 2.45) is 0 Å². The maximum Gasteiger partial charge on any atom is 0.166 e. The third-order valence-electron chi connectivity index (χ3n) is 3.84. The van der Waals surface area contributed by atoms with Gasteiger partial charge in [0, 0.05) is 24.2 Å². The summed E-state index contributed by atoms with van der Waals surface area (Å²) in [4.78, 5) is 14.3. The Morgan fingerprint density at radius 3 is 2.47 bits per heavy atom. The van der Waals surface area contributed by atoms with Crippen LogP contribution in [0.15, 0.2) is 54.6 Å². The van der Waals surface area contributed by atoms with Gasteiger partial charge >= 0.3 is 0 Å². The summed E-state index contributed by atoms with van der Waals surface area (Å²) in [6.07, 6.45) is 0.605. The number of hydrogen-bond donors (Lipinski definition) is 0. The summed E-state index contributed by atoms with van der Waals surface area (Å²) in [6.45, 7) is 2.99. The zero-order chi connectivity index (χ0) is 13.2. The van der Waals surface area contributed by atoms with Crippen molar-refractivity contribution in [3.63, 3.8) is 0 Å². The van der Waals surface area contributed by atoms with Gasteiger partial charge in [-0.15, -0.1) is 0 Å². The molecule has 1 atom stereocenters. The molecule has 0 N–H and O–H groups in total. The van der Waals surface area contributed by atoms with Gasteiger partial charge < -0.3 is 4.90 Å². The van der Waals surface area contributed by atoms with Crippen molar-refractivity contribution in [2.45, 2.75) is 19.4 Å².